The van der Waals surface area contributed by atoms with Gasteiger partial charge >= 0.3 is 0 Å². The van der Waals surface area contributed by atoms with Crippen molar-refractivity contribution in [3.8, 4) is 0 Å². The molecule has 2 N–H and O–H groups in total. The van der Waals surface area contributed by atoms with Crippen LogP contribution in [0.3, 0.4) is 0 Å². The third kappa shape index (κ3) is 3.02. The van der Waals surface area contributed by atoms with E-state index in [9.17, 15) is 17.6 Å². The molecule has 0 radical (unpaired) electrons. The molecule has 0 aliphatic carbocycles. The Morgan fingerprint density at radius 1 is 1.26 bits per heavy atom. The van der Waals surface area contributed by atoms with Crippen LogP contribution in [0, 0.1) is 5.82 Å². The molecule has 0 atom stereocenters. The summed E-state index contributed by atoms with van der Waals surface area (Å²) in [6.45, 7) is 0. The monoisotopic (exact) mass is 346 g/mol. The summed E-state index contributed by atoms with van der Waals surface area (Å²) in [5, 5.41) is 0. The number of hydrogen-bond acceptors (Lipinski definition) is 3. The van der Waals surface area contributed by atoms with Gasteiger partial charge in [-0.2, -0.15) is 0 Å². The second-order valence-electron chi connectivity index (χ2n) is 3.61. The number of anilines is 1. The van der Waals surface area contributed by atoms with Crippen LogP contribution < -0.4 is 10.2 Å². The van der Waals surface area contributed by atoms with Crippen molar-refractivity contribution in [1.82, 2.24) is 4.98 Å². The Morgan fingerprint density at radius 2 is 2.00 bits per heavy atom. The quantitative estimate of drug-likeness (QED) is 0.892. The van der Waals surface area contributed by atoms with Crippen molar-refractivity contribution in [2.24, 2.45) is 0 Å². The molecule has 1 heterocycles. The third-order valence-electron chi connectivity index (χ3n) is 2.25. The fraction of sp³-hybridized carbons (Fsp3) is 0. The van der Waals surface area contributed by atoms with Crippen molar-refractivity contribution in [3.63, 3.8) is 0 Å². The van der Waals surface area contributed by atoms with Crippen LogP contribution in [0.25, 0.3) is 0 Å². The van der Waals surface area contributed by atoms with Crippen molar-refractivity contribution < 1.29 is 12.8 Å². The molecule has 0 aliphatic rings. The fourth-order valence-electron chi connectivity index (χ4n) is 1.37. The Hall–Kier alpha value is -1.67. The molecule has 8 heteroatoms. The van der Waals surface area contributed by atoms with Crippen molar-refractivity contribution in [2.75, 3.05) is 4.72 Å². The number of aromatic amines is 1. The van der Waals surface area contributed by atoms with Gasteiger partial charge in [0.1, 0.15) is 11.5 Å². The highest BCUT2D eigenvalue weighted by Crippen LogP contribution is 2.15. The number of rotatable bonds is 3. The second kappa shape index (κ2) is 5.14. The molecule has 1 aromatic carbocycles. The second-order valence-corrected chi connectivity index (χ2v) is 6.15. The SMILES string of the molecule is O=c1c(Br)c[nH]cc1NS(=O)(=O)c1cccc(F)c1. The van der Waals surface area contributed by atoms with Crippen LogP contribution in [0.4, 0.5) is 10.1 Å². The number of hydrogen-bond donors (Lipinski definition) is 2. The molecule has 5 nitrogen and oxygen atoms in total. The summed E-state index contributed by atoms with van der Waals surface area (Å²) in [5.74, 6) is -0.675. The van der Waals surface area contributed by atoms with E-state index in [1.165, 1.54) is 24.5 Å². The van der Waals surface area contributed by atoms with E-state index in [1.807, 2.05) is 0 Å². The van der Waals surface area contributed by atoms with E-state index in [0.717, 1.165) is 12.1 Å². The van der Waals surface area contributed by atoms with Gasteiger partial charge in [-0.25, -0.2) is 12.8 Å². The number of halogens is 2. The first-order valence-corrected chi connectivity index (χ1v) is 7.33. The van der Waals surface area contributed by atoms with Crippen LogP contribution in [0.5, 0.6) is 0 Å². The van der Waals surface area contributed by atoms with Gasteiger partial charge in [0.05, 0.1) is 9.37 Å². The summed E-state index contributed by atoms with van der Waals surface area (Å²) in [6.07, 6.45) is 2.59. The maximum absolute atomic E-state index is 13.0. The minimum Gasteiger partial charge on any atom is -0.365 e. The largest absolute Gasteiger partial charge is 0.365 e. The molecule has 0 saturated heterocycles. The summed E-state index contributed by atoms with van der Waals surface area (Å²) in [6, 6.07) is 4.51. The highest BCUT2D eigenvalue weighted by atomic mass is 79.9. The van der Waals surface area contributed by atoms with E-state index in [1.54, 1.807) is 0 Å². The van der Waals surface area contributed by atoms with Gasteiger partial charge in [-0.1, -0.05) is 6.07 Å². The van der Waals surface area contributed by atoms with Crippen LogP contribution in [0.15, 0.2) is 50.8 Å². The zero-order chi connectivity index (χ0) is 14.0. The molecule has 0 fully saturated rings. The molecular formula is C11H8BrFN2O3S. The van der Waals surface area contributed by atoms with Crippen LogP contribution >= 0.6 is 15.9 Å². The first kappa shape index (κ1) is 13.8. The molecule has 0 saturated carbocycles. The lowest BCUT2D eigenvalue weighted by atomic mass is 10.4. The predicted octanol–water partition coefficient (Wildman–Crippen LogP) is 2.08. The zero-order valence-electron chi connectivity index (χ0n) is 9.35. The molecule has 0 unspecified atom stereocenters. The average Bonchev–Trinajstić information content (AvgIpc) is 2.35. The number of pyridine rings is 1. The van der Waals surface area contributed by atoms with Crippen LogP contribution in [-0.2, 0) is 10.0 Å². The van der Waals surface area contributed by atoms with E-state index >= 15 is 0 Å². The van der Waals surface area contributed by atoms with E-state index in [-0.39, 0.29) is 15.1 Å². The van der Waals surface area contributed by atoms with Crippen LogP contribution in [0.2, 0.25) is 0 Å². The van der Waals surface area contributed by atoms with Crippen LogP contribution in [0.1, 0.15) is 0 Å². The number of H-pyrrole nitrogens is 1. The Balaban J connectivity index is 2.42. The van der Waals surface area contributed by atoms with Gasteiger partial charge in [-0.3, -0.25) is 9.52 Å². The van der Waals surface area contributed by atoms with Gasteiger partial charge in [0.15, 0.2) is 0 Å². The summed E-state index contributed by atoms with van der Waals surface area (Å²) in [4.78, 5) is 14.0. The first-order valence-electron chi connectivity index (χ1n) is 5.05. The van der Waals surface area contributed by atoms with Crippen molar-refractivity contribution in [2.45, 2.75) is 4.90 Å². The first-order chi connectivity index (χ1) is 8.90. The molecule has 19 heavy (non-hydrogen) atoms. The minimum absolute atomic E-state index is 0.154. The number of aromatic nitrogens is 1. The Labute approximate surface area is 116 Å². The molecule has 1 aromatic heterocycles. The fourth-order valence-corrected chi connectivity index (χ4v) is 2.80. The summed E-state index contributed by atoms with van der Waals surface area (Å²) < 4.78 is 39.2. The summed E-state index contributed by atoms with van der Waals surface area (Å²) >= 11 is 2.98. The van der Waals surface area contributed by atoms with Gasteiger partial charge in [0.2, 0.25) is 5.43 Å². The van der Waals surface area contributed by atoms with Gasteiger partial charge in [-0.15, -0.1) is 0 Å². The molecule has 2 aromatic rings. The highest BCUT2D eigenvalue weighted by molar-refractivity contribution is 9.10. The number of nitrogens with one attached hydrogen (secondary N) is 2. The molecule has 2 rings (SSSR count). The van der Waals surface area contributed by atoms with Gasteiger partial charge < -0.3 is 4.98 Å². The maximum Gasteiger partial charge on any atom is 0.262 e. The summed E-state index contributed by atoms with van der Waals surface area (Å²) in [5.41, 5.74) is -0.669. The summed E-state index contributed by atoms with van der Waals surface area (Å²) in [7, 11) is -4.01. The Kier molecular flexibility index (Phi) is 3.72. The molecule has 0 spiro atoms. The Bertz CT molecular complexity index is 774. The third-order valence-corrected chi connectivity index (χ3v) is 4.20. The molecule has 100 valence electrons. The van der Waals surface area contributed by atoms with Crippen LogP contribution in [-0.4, -0.2) is 13.4 Å². The van der Waals surface area contributed by atoms with E-state index < -0.39 is 21.3 Å². The number of sulfonamides is 1. The minimum atomic E-state index is -4.01. The zero-order valence-corrected chi connectivity index (χ0v) is 11.8. The van der Waals surface area contributed by atoms with Gasteiger partial charge in [0.25, 0.3) is 10.0 Å². The maximum atomic E-state index is 13.0. The van der Waals surface area contributed by atoms with E-state index in [2.05, 4.69) is 25.6 Å². The topological polar surface area (TPSA) is 79.0 Å². The normalized spacial score (nSPS) is 11.3. The van der Waals surface area contributed by atoms with Gasteiger partial charge in [-0.05, 0) is 34.1 Å². The standard InChI is InChI=1S/C11H8BrFN2O3S/c12-9-5-14-6-10(11(9)16)15-19(17,18)8-3-1-2-7(13)4-8/h1-6,15H,(H,14,16). The van der Waals surface area contributed by atoms with Crippen molar-refractivity contribution in [1.29, 1.82) is 0 Å². The number of benzene rings is 1. The molecule has 0 bridgehead atoms. The molecule has 0 aliphatic heterocycles. The lowest BCUT2D eigenvalue weighted by Gasteiger charge is -2.07. The van der Waals surface area contributed by atoms with E-state index in [0.29, 0.717) is 0 Å². The predicted molar refractivity (Wildman–Crippen MR) is 72.0 cm³/mol. The average molecular weight is 347 g/mol. The smallest absolute Gasteiger partial charge is 0.262 e. The van der Waals surface area contributed by atoms with E-state index in [4.69, 9.17) is 0 Å². The molecular weight excluding hydrogens is 339 g/mol. The van der Waals surface area contributed by atoms with Crippen molar-refractivity contribution in [3.05, 3.63) is 57.2 Å². The lowest BCUT2D eigenvalue weighted by molar-refractivity contribution is 0.595. The van der Waals surface area contributed by atoms with Crippen molar-refractivity contribution >= 4 is 31.6 Å². The lowest BCUT2D eigenvalue weighted by Crippen LogP contribution is -2.19. The Morgan fingerprint density at radius 3 is 2.68 bits per heavy atom. The van der Waals surface area contributed by atoms with Gasteiger partial charge in [0, 0.05) is 12.4 Å². The highest BCUT2D eigenvalue weighted by Gasteiger charge is 2.16. The molecule has 0 amide bonds.